The van der Waals surface area contributed by atoms with E-state index < -0.39 is 7.60 Å². The van der Waals surface area contributed by atoms with Gasteiger partial charge in [-0.05, 0) is 98.2 Å². The Kier molecular flexibility index (Phi) is 16.5. The Bertz CT molecular complexity index is 1140. The van der Waals surface area contributed by atoms with E-state index in [0.29, 0.717) is 49.4 Å². The summed E-state index contributed by atoms with van der Waals surface area (Å²) in [7, 11) is 0.750. The van der Waals surface area contributed by atoms with Crippen molar-refractivity contribution < 1.29 is 56.3 Å². The molecular weight excluding hydrogens is 750 g/mol. The molecular formula is C39H72IN2O6P. The second-order valence-electron chi connectivity index (χ2n) is 17.3. The van der Waals surface area contributed by atoms with Crippen molar-refractivity contribution in [2.75, 3.05) is 66.8 Å². The molecule has 286 valence electrons. The van der Waals surface area contributed by atoms with E-state index in [-0.39, 0.29) is 41.6 Å². The van der Waals surface area contributed by atoms with Crippen molar-refractivity contribution in [1.82, 2.24) is 5.32 Å². The molecule has 0 aliphatic heterocycles. The van der Waals surface area contributed by atoms with E-state index in [9.17, 15) is 9.36 Å². The Morgan fingerprint density at radius 2 is 1.76 bits per heavy atom. The smallest absolute Gasteiger partial charge is 0.407 e. The van der Waals surface area contributed by atoms with Gasteiger partial charge in [0, 0.05) is 20.2 Å². The number of halogens is 1. The predicted octanol–water partition coefficient (Wildman–Crippen LogP) is 6.10. The van der Waals surface area contributed by atoms with E-state index in [0.717, 1.165) is 61.3 Å². The summed E-state index contributed by atoms with van der Waals surface area (Å²) in [6.07, 6.45) is 16.1. The average Bonchev–Trinajstić information content (AvgIpc) is 3.37. The first-order chi connectivity index (χ1) is 22.7. The minimum atomic E-state index is -3.05. The summed E-state index contributed by atoms with van der Waals surface area (Å²) in [5.41, 5.74) is 2.30. The number of hydrogen-bond acceptors (Lipinski definition) is 6. The number of hydrogen-bond donors (Lipinski definition) is 1. The standard InChI is InChI=1S/C39H71N2O6P.HI/c1-10-45-48(9,43)46-27-25-41(7,24-26-44-8)23-22-40-37(42)47-32-18-20-38(5)31(28-32)14-15-33-35-17-16-34(30(4)13-11-12-29(2)3)39(35,6)21-19-36(33)38;/h14,29-30,32-36H,10-13,15-28H2,1-9H3;1H/t30?,32-,33?,34+,35?,36?,38-,39+,41?,48?;/m0./s1. The van der Waals surface area contributed by atoms with Gasteiger partial charge < -0.3 is 52.3 Å². The van der Waals surface area contributed by atoms with Crippen LogP contribution < -0.4 is 29.3 Å². The number of quaternary nitrogens is 1. The fraction of sp³-hybridized carbons (Fsp3) is 0.923. The van der Waals surface area contributed by atoms with Crippen molar-refractivity contribution in [3.8, 4) is 0 Å². The van der Waals surface area contributed by atoms with Crippen molar-refractivity contribution in [3.63, 3.8) is 0 Å². The second kappa shape index (κ2) is 18.7. The number of allylic oxidation sites excluding steroid dienone is 1. The lowest BCUT2D eigenvalue weighted by molar-refractivity contribution is -0.908. The highest BCUT2D eigenvalue weighted by Crippen LogP contribution is 2.67. The van der Waals surface area contributed by atoms with E-state index in [4.69, 9.17) is 18.5 Å². The van der Waals surface area contributed by atoms with Crippen molar-refractivity contribution in [1.29, 1.82) is 0 Å². The SMILES string of the molecule is CCOP(C)(=O)OCC[N+](C)(CCNC(=O)O[C@H]1CC[C@@]2(C)C(=CCC3C2CC[C@@]2(C)C3CC[C@@H]2C(C)CCCC(C)C)C1)CCOC.[I-]. The van der Waals surface area contributed by atoms with Crippen LogP contribution in [0.15, 0.2) is 11.6 Å². The third kappa shape index (κ3) is 10.9. The van der Waals surface area contributed by atoms with Crippen molar-refractivity contribution >= 4 is 13.7 Å². The van der Waals surface area contributed by atoms with Gasteiger partial charge in [0.2, 0.25) is 0 Å². The summed E-state index contributed by atoms with van der Waals surface area (Å²) in [4.78, 5) is 13.0. The number of rotatable bonds is 18. The van der Waals surface area contributed by atoms with E-state index in [1.54, 1.807) is 12.7 Å². The molecule has 0 spiro atoms. The lowest BCUT2D eigenvalue weighted by atomic mass is 9.47. The molecule has 10 atom stereocenters. The highest BCUT2D eigenvalue weighted by molar-refractivity contribution is 7.52. The normalized spacial score (nSPS) is 33.9. The first kappa shape index (κ1) is 43.2. The average molecular weight is 823 g/mol. The monoisotopic (exact) mass is 822 g/mol. The van der Waals surface area contributed by atoms with Crippen LogP contribution in [0.2, 0.25) is 0 Å². The number of amides is 1. The number of carbonyl (C=O) groups excluding carboxylic acids is 1. The molecule has 3 saturated carbocycles. The summed E-state index contributed by atoms with van der Waals surface area (Å²) in [5, 5.41) is 3.02. The Morgan fingerprint density at radius 3 is 2.45 bits per heavy atom. The van der Waals surface area contributed by atoms with Crippen LogP contribution in [0.5, 0.6) is 0 Å². The number of fused-ring (bicyclic) bond motifs is 5. The minimum absolute atomic E-state index is 0. The molecule has 0 aromatic heterocycles. The fourth-order valence-electron chi connectivity index (χ4n) is 10.7. The number of methoxy groups -OCH3 is 1. The van der Waals surface area contributed by atoms with E-state index in [1.165, 1.54) is 58.0 Å². The number of ether oxygens (including phenoxy) is 2. The first-order valence-electron chi connectivity index (χ1n) is 19.5. The van der Waals surface area contributed by atoms with Gasteiger partial charge in [-0.25, -0.2) is 4.79 Å². The van der Waals surface area contributed by atoms with Crippen molar-refractivity contribution in [2.24, 2.45) is 46.3 Å². The summed E-state index contributed by atoms with van der Waals surface area (Å²) >= 11 is 0. The number of carbonyl (C=O) groups is 1. The molecule has 4 aliphatic carbocycles. The summed E-state index contributed by atoms with van der Waals surface area (Å²) in [6, 6.07) is 0. The van der Waals surface area contributed by atoms with Crippen LogP contribution in [0.4, 0.5) is 4.79 Å². The van der Waals surface area contributed by atoms with Crippen LogP contribution in [0.1, 0.15) is 112 Å². The van der Waals surface area contributed by atoms with Gasteiger partial charge in [0.1, 0.15) is 25.8 Å². The molecule has 4 aliphatic rings. The lowest BCUT2D eigenvalue weighted by Gasteiger charge is -2.58. The molecule has 6 unspecified atom stereocenters. The molecule has 0 radical (unpaired) electrons. The van der Waals surface area contributed by atoms with E-state index in [2.05, 4.69) is 53.1 Å². The Balaban J connectivity index is 0.00000650. The molecule has 4 rings (SSSR count). The van der Waals surface area contributed by atoms with E-state index >= 15 is 0 Å². The Labute approximate surface area is 317 Å². The summed E-state index contributed by atoms with van der Waals surface area (Å²) in [6.45, 7) is 19.7. The van der Waals surface area contributed by atoms with Gasteiger partial charge in [0.25, 0.3) is 0 Å². The number of likely N-dealkylation sites (N-methyl/N-ethyl adjacent to an activating group) is 1. The Hall–Kier alpha value is -0.190. The van der Waals surface area contributed by atoms with Gasteiger partial charge in [0.05, 0.1) is 33.4 Å². The van der Waals surface area contributed by atoms with Crippen molar-refractivity contribution in [3.05, 3.63) is 11.6 Å². The van der Waals surface area contributed by atoms with Crippen LogP contribution in [0, 0.1) is 46.3 Å². The molecule has 8 nitrogen and oxygen atoms in total. The largest absolute Gasteiger partial charge is 1.00 e. The zero-order valence-electron chi connectivity index (χ0n) is 32.6. The molecule has 0 saturated heterocycles. The molecule has 3 fully saturated rings. The Morgan fingerprint density at radius 1 is 1.02 bits per heavy atom. The third-order valence-electron chi connectivity index (χ3n) is 13.6. The van der Waals surface area contributed by atoms with Crippen LogP contribution in [-0.4, -0.2) is 83.5 Å². The quantitative estimate of drug-likeness (QED) is 0.0781. The molecule has 0 aromatic rings. The van der Waals surface area contributed by atoms with Crippen LogP contribution >= 0.6 is 7.60 Å². The van der Waals surface area contributed by atoms with E-state index in [1.807, 2.05) is 6.92 Å². The topological polar surface area (TPSA) is 83.1 Å². The highest BCUT2D eigenvalue weighted by atomic mass is 127. The molecule has 10 heteroatoms. The van der Waals surface area contributed by atoms with Gasteiger partial charge >= 0.3 is 13.7 Å². The van der Waals surface area contributed by atoms with Gasteiger partial charge in [-0.2, -0.15) is 0 Å². The first-order valence-corrected chi connectivity index (χ1v) is 21.5. The van der Waals surface area contributed by atoms with Gasteiger partial charge in [-0.1, -0.05) is 65.5 Å². The van der Waals surface area contributed by atoms with Gasteiger partial charge in [-0.3, -0.25) is 4.57 Å². The lowest BCUT2D eigenvalue weighted by Crippen LogP contribution is -3.00. The second-order valence-corrected chi connectivity index (χ2v) is 19.4. The highest BCUT2D eigenvalue weighted by Gasteiger charge is 2.59. The number of nitrogens with zero attached hydrogens (tertiary/aromatic N) is 1. The molecule has 0 heterocycles. The number of alkyl carbamates (subject to hydrolysis) is 1. The molecule has 49 heavy (non-hydrogen) atoms. The van der Waals surface area contributed by atoms with Crippen molar-refractivity contribution in [2.45, 2.75) is 118 Å². The summed E-state index contributed by atoms with van der Waals surface area (Å²) < 4.78 is 35.2. The zero-order valence-corrected chi connectivity index (χ0v) is 35.6. The molecule has 1 N–H and O–H groups in total. The minimum Gasteiger partial charge on any atom is -1.00 e. The van der Waals surface area contributed by atoms with Crippen LogP contribution in [-0.2, 0) is 23.1 Å². The van der Waals surface area contributed by atoms with Crippen LogP contribution in [0.3, 0.4) is 0 Å². The maximum absolute atomic E-state index is 13.0. The van der Waals surface area contributed by atoms with Crippen LogP contribution in [0.25, 0.3) is 0 Å². The zero-order chi connectivity index (χ0) is 35.2. The molecule has 0 aromatic carbocycles. The summed E-state index contributed by atoms with van der Waals surface area (Å²) in [5.74, 6) is 4.98. The number of nitrogens with one attached hydrogen (secondary N) is 1. The fourth-order valence-corrected chi connectivity index (χ4v) is 11.7. The molecule has 0 bridgehead atoms. The predicted molar refractivity (Wildman–Crippen MR) is 195 cm³/mol. The maximum atomic E-state index is 13.0. The maximum Gasteiger partial charge on any atom is 0.407 e. The van der Waals surface area contributed by atoms with Gasteiger partial charge in [-0.15, -0.1) is 0 Å². The molecule has 1 amide bonds. The van der Waals surface area contributed by atoms with Gasteiger partial charge in [0.15, 0.2) is 0 Å². The third-order valence-corrected chi connectivity index (χ3v) is 15.0.